The highest BCUT2D eigenvalue weighted by molar-refractivity contribution is 5.96. The fourth-order valence-corrected chi connectivity index (χ4v) is 9.33. The van der Waals surface area contributed by atoms with Crippen LogP contribution >= 0.6 is 0 Å². The summed E-state index contributed by atoms with van der Waals surface area (Å²) in [6.07, 6.45) is -8.59. The van der Waals surface area contributed by atoms with E-state index in [1.54, 1.807) is 97.9 Å². The molecule has 1 saturated heterocycles. The Morgan fingerprint density at radius 3 is 2.00 bits per heavy atom. The molecular weight excluding hydrogens is 750 g/mol. The van der Waals surface area contributed by atoms with Crippen molar-refractivity contribution in [2.24, 2.45) is 17.3 Å². The highest BCUT2D eigenvalue weighted by Crippen LogP contribution is 2.61. The van der Waals surface area contributed by atoms with Crippen molar-refractivity contribution in [3.8, 4) is 0 Å². The van der Waals surface area contributed by atoms with Gasteiger partial charge in [0.25, 0.3) is 5.91 Å². The number of rotatable bonds is 10. The van der Waals surface area contributed by atoms with Crippen molar-refractivity contribution in [1.29, 1.82) is 0 Å². The van der Waals surface area contributed by atoms with Gasteiger partial charge in [-0.25, -0.2) is 9.59 Å². The maximum atomic E-state index is 15.1. The van der Waals surface area contributed by atoms with Gasteiger partial charge in [-0.2, -0.15) is 0 Å². The third-order valence-electron chi connectivity index (χ3n) is 12.1. The van der Waals surface area contributed by atoms with Crippen LogP contribution in [0, 0.1) is 17.3 Å². The van der Waals surface area contributed by atoms with E-state index in [0.717, 1.165) is 6.92 Å². The number of hydrogen-bond donors (Lipinski definition) is 3. The number of ether oxygens (including phenoxy) is 5. The molecule has 3 aromatic rings. The van der Waals surface area contributed by atoms with Gasteiger partial charge in [-0.15, -0.1) is 0 Å². The molecule has 3 fully saturated rings. The Kier molecular flexibility index (Phi) is 11.1. The lowest BCUT2D eigenvalue weighted by Crippen LogP contribution is -2.77. The number of fused-ring (bicyclic) bond motifs is 4. The molecule has 1 heterocycles. The van der Waals surface area contributed by atoms with Gasteiger partial charge in [-0.05, 0) is 61.2 Å². The van der Waals surface area contributed by atoms with Crippen LogP contribution in [0.5, 0.6) is 0 Å². The molecule has 0 aromatic heterocycles. The maximum Gasteiger partial charge on any atom is 0.338 e. The van der Waals surface area contributed by atoms with Gasteiger partial charge in [-0.1, -0.05) is 66.7 Å². The molecule has 1 amide bonds. The summed E-state index contributed by atoms with van der Waals surface area (Å²) < 4.78 is 30.1. The lowest BCUT2D eigenvalue weighted by molar-refractivity contribution is -0.330. The Labute approximate surface area is 334 Å². The Bertz CT molecular complexity index is 2120. The topological polar surface area (TPSA) is 201 Å². The van der Waals surface area contributed by atoms with Crippen LogP contribution in [-0.4, -0.2) is 94.6 Å². The number of nitrogens with one attached hydrogen (secondary N) is 1. The number of amides is 1. The minimum absolute atomic E-state index is 0.109. The predicted molar refractivity (Wildman–Crippen MR) is 202 cm³/mol. The summed E-state index contributed by atoms with van der Waals surface area (Å²) in [6.45, 7) is 5.22. The second-order valence-corrected chi connectivity index (χ2v) is 15.5. The lowest BCUT2D eigenvalue weighted by atomic mass is 9.52. The summed E-state index contributed by atoms with van der Waals surface area (Å²) in [5, 5.41) is 26.2. The number of carbonyl (C=O) groups is 6. The summed E-state index contributed by atoms with van der Waals surface area (Å²) >= 11 is 0. The van der Waals surface area contributed by atoms with Crippen LogP contribution in [0.3, 0.4) is 0 Å². The molecule has 1 aliphatic heterocycles. The standard InChI is InChI=1S/C44H45NO13/c1-23-30(56-42(53)35(49)34(26-14-8-5-9-15-26)45-40(51)27-16-10-6-11-17-27)20-29-33(23)37(55-24(2)46)39(50)43(4)31(48)21-32-44(22-54-32,58-25(3)47)38(43)36(29)57-41(52)28-18-12-7-13-19-28/h5-19,29-32,34-38,48-49H,20-22H2,1-4H3,(H,45,51)/t29-,30-,31-,32+,34-,35+,36+,37+,38?,43+,44-/m0/s1. The van der Waals surface area contributed by atoms with E-state index in [4.69, 9.17) is 23.7 Å². The van der Waals surface area contributed by atoms with Crippen molar-refractivity contribution in [2.45, 2.75) is 88.8 Å². The van der Waals surface area contributed by atoms with E-state index >= 15 is 4.79 Å². The molecule has 3 aromatic carbocycles. The minimum Gasteiger partial charge on any atom is -0.458 e. The van der Waals surface area contributed by atoms with Crippen LogP contribution in [0.4, 0.5) is 0 Å². The zero-order valence-corrected chi connectivity index (χ0v) is 32.4. The van der Waals surface area contributed by atoms with E-state index in [9.17, 15) is 34.2 Å². The Hall–Kier alpha value is -5.70. The van der Waals surface area contributed by atoms with Gasteiger partial charge in [0, 0.05) is 31.7 Å². The summed E-state index contributed by atoms with van der Waals surface area (Å²) in [6, 6.07) is 23.5. The molecular formula is C44H45NO13. The fraction of sp³-hybridized carbons (Fsp3) is 0.409. The van der Waals surface area contributed by atoms with Crippen molar-refractivity contribution in [1.82, 2.24) is 5.32 Å². The Balaban J connectivity index is 1.30. The van der Waals surface area contributed by atoms with Gasteiger partial charge in [0.1, 0.15) is 18.3 Å². The normalized spacial score (nSPS) is 30.8. The number of esters is 4. The van der Waals surface area contributed by atoms with Crippen LogP contribution < -0.4 is 5.32 Å². The number of aliphatic hydroxyl groups excluding tert-OH is 2. The smallest absolute Gasteiger partial charge is 0.338 e. The van der Waals surface area contributed by atoms with E-state index in [1.165, 1.54) is 13.8 Å². The molecule has 0 spiro atoms. The molecule has 14 heteroatoms. The zero-order valence-electron chi connectivity index (χ0n) is 32.4. The molecule has 0 bridgehead atoms. The molecule has 3 N–H and O–H groups in total. The summed E-state index contributed by atoms with van der Waals surface area (Å²) in [5.74, 6) is -6.94. The van der Waals surface area contributed by atoms with Gasteiger partial charge < -0.3 is 39.2 Å². The van der Waals surface area contributed by atoms with Crippen LogP contribution in [0.1, 0.15) is 72.9 Å². The van der Waals surface area contributed by atoms with Crippen molar-refractivity contribution in [2.75, 3.05) is 6.61 Å². The highest BCUT2D eigenvalue weighted by Gasteiger charge is 2.75. The van der Waals surface area contributed by atoms with Crippen LogP contribution in [0.25, 0.3) is 0 Å². The molecule has 4 aliphatic rings. The SMILES string of the molecule is CC(=O)O[C@H]1C(=O)[C@@]2(C)C([C@H](OC(=O)c3ccccc3)[C@H]3C[C@H](OC(=O)[C@H](O)[C@@H](NC(=O)c4ccccc4)c4ccccc4)C(C)=C13)[C@]1(OC(C)=O)CO[C@@H]1C[C@@H]2O. The second-order valence-electron chi connectivity index (χ2n) is 15.5. The van der Waals surface area contributed by atoms with Crippen molar-refractivity contribution in [3.63, 3.8) is 0 Å². The largest absolute Gasteiger partial charge is 0.458 e. The van der Waals surface area contributed by atoms with Crippen molar-refractivity contribution in [3.05, 3.63) is 119 Å². The van der Waals surface area contributed by atoms with E-state index < -0.39 is 101 Å². The lowest BCUT2D eigenvalue weighted by Gasteiger charge is -2.62. The first-order valence-electron chi connectivity index (χ1n) is 19.1. The number of carbonyl (C=O) groups excluding carboxylic acids is 6. The molecule has 304 valence electrons. The first kappa shape index (κ1) is 40.5. The second kappa shape index (κ2) is 15.9. The number of benzene rings is 3. The third kappa shape index (κ3) is 7.09. The van der Waals surface area contributed by atoms with Crippen LogP contribution in [0.2, 0.25) is 0 Å². The summed E-state index contributed by atoms with van der Waals surface area (Å²) in [5.41, 5.74) is -2.01. The minimum atomic E-state index is -1.92. The Morgan fingerprint density at radius 1 is 0.828 bits per heavy atom. The van der Waals surface area contributed by atoms with Crippen LogP contribution in [0.15, 0.2) is 102 Å². The average Bonchev–Trinajstić information content (AvgIpc) is 3.50. The van der Waals surface area contributed by atoms with Gasteiger partial charge in [0.05, 0.1) is 35.6 Å². The van der Waals surface area contributed by atoms with E-state index in [-0.39, 0.29) is 36.2 Å². The summed E-state index contributed by atoms with van der Waals surface area (Å²) in [7, 11) is 0. The van der Waals surface area contributed by atoms with Gasteiger partial charge in [-0.3, -0.25) is 19.2 Å². The molecule has 2 saturated carbocycles. The number of ketones is 1. The molecule has 7 rings (SSSR count). The van der Waals surface area contributed by atoms with Crippen molar-refractivity contribution >= 4 is 35.6 Å². The average molecular weight is 796 g/mol. The fourth-order valence-electron chi connectivity index (χ4n) is 9.33. The zero-order chi connectivity index (χ0) is 41.5. The summed E-state index contributed by atoms with van der Waals surface area (Å²) in [4.78, 5) is 81.9. The molecule has 11 atom stereocenters. The predicted octanol–water partition coefficient (Wildman–Crippen LogP) is 3.59. The van der Waals surface area contributed by atoms with E-state index in [0.29, 0.717) is 11.1 Å². The third-order valence-corrected chi connectivity index (χ3v) is 12.1. The molecule has 58 heavy (non-hydrogen) atoms. The monoisotopic (exact) mass is 795 g/mol. The number of Topliss-reactive ketones (excluding diaryl/α,β-unsaturated/α-hetero) is 1. The molecule has 0 radical (unpaired) electrons. The molecule has 1 unspecified atom stereocenters. The maximum absolute atomic E-state index is 15.1. The van der Waals surface area contributed by atoms with Crippen LogP contribution in [-0.2, 0) is 42.9 Å². The quantitative estimate of drug-likeness (QED) is 0.153. The molecule has 14 nitrogen and oxygen atoms in total. The first-order chi connectivity index (χ1) is 27.7. The van der Waals surface area contributed by atoms with E-state index in [2.05, 4.69) is 5.32 Å². The van der Waals surface area contributed by atoms with Gasteiger partial charge in [0.15, 0.2) is 23.6 Å². The van der Waals surface area contributed by atoms with E-state index in [1.807, 2.05) is 0 Å². The first-order valence-corrected chi connectivity index (χ1v) is 19.1. The number of hydrogen-bond acceptors (Lipinski definition) is 13. The number of aliphatic hydroxyl groups is 2. The Morgan fingerprint density at radius 2 is 1.43 bits per heavy atom. The highest BCUT2D eigenvalue weighted by atomic mass is 16.6. The van der Waals surface area contributed by atoms with Gasteiger partial charge >= 0.3 is 23.9 Å². The van der Waals surface area contributed by atoms with Gasteiger partial charge in [0.2, 0.25) is 0 Å². The van der Waals surface area contributed by atoms with Crippen molar-refractivity contribution < 1.29 is 62.7 Å². The molecule has 3 aliphatic carbocycles.